The van der Waals surface area contributed by atoms with E-state index in [-0.39, 0.29) is 17.5 Å². The molecule has 2 atom stereocenters. The smallest absolute Gasteiger partial charge is 0.315 e. The number of aromatic nitrogens is 2. The van der Waals surface area contributed by atoms with Crippen LogP contribution in [0.25, 0.3) is 0 Å². The maximum atomic E-state index is 5.51. The maximum Gasteiger partial charge on any atom is 0.315 e. The van der Waals surface area contributed by atoms with Crippen LogP contribution in [-0.2, 0) is 0 Å². The lowest BCUT2D eigenvalue weighted by molar-refractivity contribution is 0.349. The molecule has 1 aromatic heterocycles. The predicted molar refractivity (Wildman–Crippen MR) is 64.3 cm³/mol. The van der Waals surface area contributed by atoms with Crippen LogP contribution in [0, 0.1) is 5.41 Å². The van der Waals surface area contributed by atoms with E-state index in [1.807, 2.05) is 14.0 Å². The van der Waals surface area contributed by atoms with E-state index in [1.54, 1.807) is 0 Å². The molecule has 0 saturated heterocycles. The highest BCUT2D eigenvalue weighted by Crippen LogP contribution is 2.22. The molecule has 1 heterocycles. The lowest BCUT2D eigenvalue weighted by Crippen LogP contribution is -2.30. The molecule has 16 heavy (non-hydrogen) atoms. The van der Waals surface area contributed by atoms with Crippen LogP contribution in [0.1, 0.15) is 46.6 Å². The Hall–Kier alpha value is -1.10. The third-order valence-corrected chi connectivity index (χ3v) is 2.88. The zero-order valence-corrected chi connectivity index (χ0v) is 11.0. The Bertz CT molecular complexity index is 329. The van der Waals surface area contributed by atoms with Gasteiger partial charge in [0.05, 0.1) is 6.04 Å². The van der Waals surface area contributed by atoms with E-state index >= 15 is 0 Å². The van der Waals surface area contributed by atoms with E-state index in [9.17, 15) is 0 Å². The Morgan fingerprint density at radius 2 is 1.81 bits per heavy atom. The molecule has 5 nitrogen and oxygen atoms in total. The summed E-state index contributed by atoms with van der Waals surface area (Å²) in [4.78, 5) is 0. The number of hydrogen-bond acceptors (Lipinski definition) is 5. The lowest BCUT2D eigenvalue weighted by Gasteiger charge is -2.27. The molecule has 1 rings (SSSR count). The summed E-state index contributed by atoms with van der Waals surface area (Å²) >= 11 is 0. The summed E-state index contributed by atoms with van der Waals surface area (Å²) < 4.78 is 5.51. The molecule has 5 heteroatoms. The average molecular weight is 226 g/mol. The number of nitrogens with zero attached hydrogens (tertiary/aromatic N) is 2. The van der Waals surface area contributed by atoms with E-state index in [1.165, 1.54) is 0 Å². The van der Waals surface area contributed by atoms with Gasteiger partial charge in [0.15, 0.2) is 0 Å². The molecular weight excluding hydrogens is 204 g/mol. The highest BCUT2D eigenvalue weighted by molar-refractivity contribution is 5.20. The van der Waals surface area contributed by atoms with Crippen molar-refractivity contribution < 1.29 is 4.42 Å². The van der Waals surface area contributed by atoms with Crippen molar-refractivity contribution in [1.82, 2.24) is 15.5 Å². The first-order chi connectivity index (χ1) is 7.34. The molecule has 0 fully saturated rings. The van der Waals surface area contributed by atoms with Crippen LogP contribution in [-0.4, -0.2) is 23.3 Å². The van der Waals surface area contributed by atoms with Gasteiger partial charge in [-0.1, -0.05) is 25.9 Å². The number of nitrogens with one attached hydrogen (secondary N) is 2. The van der Waals surface area contributed by atoms with Gasteiger partial charge in [-0.15, -0.1) is 5.10 Å². The second kappa shape index (κ2) is 4.82. The Labute approximate surface area is 97.0 Å². The minimum absolute atomic E-state index is 0.0768. The highest BCUT2D eigenvalue weighted by Gasteiger charge is 2.22. The van der Waals surface area contributed by atoms with Crippen molar-refractivity contribution in [3.63, 3.8) is 0 Å². The van der Waals surface area contributed by atoms with Crippen LogP contribution in [0.3, 0.4) is 0 Å². The minimum Gasteiger partial charge on any atom is -0.406 e. The summed E-state index contributed by atoms with van der Waals surface area (Å²) in [5, 5.41) is 14.2. The van der Waals surface area contributed by atoms with Gasteiger partial charge < -0.3 is 15.1 Å². The van der Waals surface area contributed by atoms with Crippen LogP contribution in [0.15, 0.2) is 4.42 Å². The summed E-state index contributed by atoms with van der Waals surface area (Å²) in [7, 11) is 1.86. The molecule has 92 valence electrons. The van der Waals surface area contributed by atoms with E-state index in [0.29, 0.717) is 11.9 Å². The molecule has 0 aliphatic rings. The second-order valence-corrected chi connectivity index (χ2v) is 5.19. The highest BCUT2D eigenvalue weighted by atomic mass is 16.4. The SMILES string of the molecule is CNC(C)c1nnc(NC(C)C(C)(C)C)o1. The van der Waals surface area contributed by atoms with Gasteiger partial charge in [0.2, 0.25) is 5.89 Å². The fourth-order valence-electron chi connectivity index (χ4n) is 0.993. The first-order valence-electron chi connectivity index (χ1n) is 5.61. The van der Waals surface area contributed by atoms with Gasteiger partial charge in [0.25, 0.3) is 0 Å². The summed E-state index contributed by atoms with van der Waals surface area (Å²) in [5.74, 6) is 0.603. The lowest BCUT2D eigenvalue weighted by atomic mass is 9.88. The molecule has 2 N–H and O–H groups in total. The van der Waals surface area contributed by atoms with Crippen molar-refractivity contribution in [3.8, 4) is 0 Å². The summed E-state index contributed by atoms with van der Waals surface area (Å²) in [6, 6.07) is 0.832. The van der Waals surface area contributed by atoms with Crippen LogP contribution in [0.5, 0.6) is 0 Å². The monoisotopic (exact) mass is 226 g/mol. The third kappa shape index (κ3) is 3.20. The van der Waals surface area contributed by atoms with Crippen molar-refractivity contribution in [2.75, 3.05) is 12.4 Å². The Morgan fingerprint density at radius 1 is 1.19 bits per heavy atom. The van der Waals surface area contributed by atoms with Crippen molar-refractivity contribution in [2.24, 2.45) is 5.41 Å². The Kier molecular flexibility index (Phi) is 3.91. The first kappa shape index (κ1) is 13.0. The quantitative estimate of drug-likeness (QED) is 0.824. The van der Waals surface area contributed by atoms with Gasteiger partial charge in [-0.3, -0.25) is 0 Å². The van der Waals surface area contributed by atoms with Gasteiger partial charge in [-0.05, 0) is 26.3 Å². The molecule has 0 amide bonds. The molecule has 0 aromatic carbocycles. The van der Waals surface area contributed by atoms with E-state index < -0.39 is 0 Å². The molecular formula is C11H22N4O. The molecule has 0 aliphatic heterocycles. The Morgan fingerprint density at radius 3 is 2.31 bits per heavy atom. The van der Waals surface area contributed by atoms with Crippen LogP contribution in [0.4, 0.5) is 6.01 Å². The normalized spacial score (nSPS) is 15.9. The van der Waals surface area contributed by atoms with Crippen molar-refractivity contribution in [1.29, 1.82) is 0 Å². The third-order valence-electron chi connectivity index (χ3n) is 2.88. The topological polar surface area (TPSA) is 63.0 Å². The fraction of sp³-hybridized carbons (Fsp3) is 0.818. The molecule has 0 bridgehead atoms. The van der Waals surface area contributed by atoms with E-state index in [0.717, 1.165) is 0 Å². The second-order valence-electron chi connectivity index (χ2n) is 5.19. The van der Waals surface area contributed by atoms with E-state index in [4.69, 9.17) is 4.42 Å². The average Bonchev–Trinajstić information content (AvgIpc) is 2.63. The molecule has 1 aromatic rings. The number of hydrogen-bond donors (Lipinski definition) is 2. The molecule has 0 saturated carbocycles. The molecule has 2 unspecified atom stereocenters. The zero-order chi connectivity index (χ0) is 12.3. The molecule has 0 radical (unpaired) electrons. The Balaban J connectivity index is 2.66. The molecule has 0 aliphatic carbocycles. The van der Waals surface area contributed by atoms with Gasteiger partial charge >= 0.3 is 6.01 Å². The summed E-state index contributed by atoms with van der Waals surface area (Å²) in [6.45, 7) is 10.6. The van der Waals surface area contributed by atoms with Gasteiger partial charge in [-0.2, -0.15) is 0 Å². The summed E-state index contributed by atoms with van der Waals surface area (Å²) in [5.41, 5.74) is 0.156. The van der Waals surface area contributed by atoms with Crippen molar-refractivity contribution in [2.45, 2.75) is 46.7 Å². The van der Waals surface area contributed by atoms with Crippen LogP contribution < -0.4 is 10.6 Å². The number of anilines is 1. The number of rotatable bonds is 4. The summed E-state index contributed by atoms with van der Waals surface area (Å²) in [6.07, 6.45) is 0. The zero-order valence-electron chi connectivity index (χ0n) is 11.0. The van der Waals surface area contributed by atoms with Crippen molar-refractivity contribution >= 4 is 6.01 Å². The van der Waals surface area contributed by atoms with E-state index in [2.05, 4.69) is 48.5 Å². The van der Waals surface area contributed by atoms with Gasteiger partial charge in [0.1, 0.15) is 0 Å². The molecule has 0 spiro atoms. The fourth-order valence-corrected chi connectivity index (χ4v) is 0.993. The predicted octanol–water partition coefficient (Wildman–Crippen LogP) is 2.20. The maximum absolute atomic E-state index is 5.51. The van der Waals surface area contributed by atoms with Gasteiger partial charge in [0, 0.05) is 6.04 Å². The standard InChI is InChI=1S/C11H22N4O/c1-7(12-6)9-14-15-10(16-9)13-8(2)11(3,4)5/h7-8,12H,1-6H3,(H,13,15). The largest absolute Gasteiger partial charge is 0.406 e. The van der Waals surface area contributed by atoms with Crippen LogP contribution in [0.2, 0.25) is 0 Å². The first-order valence-corrected chi connectivity index (χ1v) is 5.61. The van der Waals surface area contributed by atoms with Gasteiger partial charge in [-0.25, -0.2) is 0 Å². The minimum atomic E-state index is 0.0768. The van der Waals surface area contributed by atoms with Crippen molar-refractivity contribution in [3.05, 3.63) is 5.89 Å². The van der Waals surface area contributed by atoms with Crippen LogP contribution >= 0.6 is 0 Å².